The lowest BCUT2D eigenvalue weighted by molar-refractivity contribution is -0.130. The van der Waals surface area contributed by atoms with Crippen molar-refractivity contribution in [2.75, 3.05) is 0 Å². The molecule has 0 radical (unpaired) electrons. The minimum atomic E-state index is -3.69. The molecule has 4 nitrogen and oxygen atoms in total. The highest BCUT2D eigenvalue weighted by Crippen LogP contribution is 2.44. The van der Waals surface area contributed by atoms with Crippen LogP contribution in [0.2, 0.25) is 0 Å². The van der Waals surface area contributed by atoms with Gasteiger partial charge >= 0.3 is 0 Å². The van der Waals surface area contributed by atoms with Gasteiger partial charge in [-0.1, -0.05) is 60.9 Å². The lowest BCUT2D eigenvalue weighted by Gasteiger charge is -2.46. The van der Waals surface area contributed by atoms with Crippen LogP contribution >= 0.6 is 0 Å². The van der Waals surface area contributed by atoms with Gasteiger partial charge in [0.1, 0.15) is 5.78 Å². The molecular weight excluding hydrogens is 358 g/mol. The number of nitrogens with zero attached hydrogens (tertiary/aromatic N) is 1. The van der Waals surface area contributed by atoms with E-state index in [0.717, 1.165) is 36.8 Å². The van der Waals surface area contributed by atoms with Crippen molar-refractivity contribution in [2.24, 2.45) is 5.92 Å². The molecule has 0 bridgehead atoms. The summed E-state index contributed by atoms with van der Waals surface area (Å²) in [5.74, 6) is 0.0443. The molecular formula is C22H25NO3S. The molecule has 1 saturated heterocycles. The minimum absolute atomic E-state index is 0.168. The van der Waals surface area contributed by atoms with E-state index in [4.69, 9.17) is 0 Å². The Balaban J connectivity index is 1.83. The third kappa shape index (κ3) is 3.34. The average molecular weight is 384 g/mol. The standard InChI is InChI=1S/C22H25NO3S/c1-16-11-13-18(14-12-16)27(25,26)23-20-10-6-5-9-19(20)22(24)15-21(23)17-7-3-2-4-8-17/h2-4,7-8,11-14,19-21H,5-6,9-10,15H2,1H3/t19-,20+,21+/m1/s1. The quantitative estimate of drug-likeness (QED) is 0.796. The molecule has 0 amide bonds. The molecule has 3 atom stereocenters. The smallest absolute Gasteiger partial charge is 0.243 e. The molecule has 1 aliphatic heterocycles. The molecule has 0 spiro atoms. The Hall–Kier alpha value is -1.98. The number of hydrogen-bond donors (Lipinski definition) is 0. The van der Waals surface area contributed by atoms with Gasteiger partial charge in [0.05, 0.1) is 10.9 Å². The second kappa shape index (κ2) is 7.21. The van der Waals surface area contributed by atoms with E-state index in [2.05, 4.69) is 0 Å². The van der Waals surface area contributed by atoms with Crippen molar-refractivity contribution in [3.8, 4) is 0 Å². The van der Waals surface area contributed by atoms with Crippen LogP contribution < -0.4 is 0 Å². The zero-order valence-electron chi connectivity index (χ0n) is 15.5. The number of Topliss-reactive ketones (excluding diaryl/α,β-unsaturated/α-hetero) is 1. The third-order valence-electron chi connectivity index (χ3n) is 5.95. The monoisotopic (exact) mass is 383 g/mol. The number of fused-ring (bicyclic) bond motifs is 1. The molecule has 2 aliphatic rings. The number of carbonyl (C=O) groups excluding carboxylic acids is 1. The van der Waals surface area contributed by atoms with Gasteiger partial charge in [0.2, 0.25) is 10.0 Å². The summed E-state index contributed by atoms with van der Waals surface area (Å²) in [6.07, 6.45) is 3.78. The van der Waals surface area contributed by atoms with E-state index in [1.165, 1.54) is 0 Å². The van der Waals surface area contributed by atoms with Crippen LogP contribution in [0.4, 0.5) is 0 Å². The normalized spacial score (nSPS) is 26.6. The van der Waals surface area contributed by atoms with E-state index in [-0.39, 0.29) is 24.2 Å². The molecule has 27 heavy (non-hydrogen) atoms. The van der Waals surface area contributed by atoms with E-state index >= 15 is 0 Å². The van der Waals surface area contributed by atoms with E-state index in [1.54, 1.807) is 16.4 Å². The Bertz CT molecular complexity index is 922. The molecule has 1 heterocycles. The lowest BCUT2D eigenvalue weighted by Crippen LogP contribution is -2.54. The Morgan fingerprint density at radius 3 is 2.30 bits per heavy atom. The van der Waals surface area contributed by atoms with E-state index in [1.807, 2.05) is 49.4 Å². The number of benzene rings is 2. The van der Waals surface area contributed by atoms with E-state index in [9.17, 15) is 13.2 Å². The topological polar surface area (TPSA) is 54.5 Å². The van der Waals surface area contributed by atoms with Gasteiger partial charge in [-0.3, -0.25) is 4.79 Å². The first-order valence-corrected chi connectivity index (χ1v) is 11.1. The molecule has 2 fully saturated rings. The number of rotatable bonds is 3. The third-order valence-corrected chi connectivity index (χ3v) is 7.90. The van der Waals surface area contributed by atoms with Gasteiger partial charge in [-0.15, -0.1) is 0 Å². The zero-order valence-corrected chi connectivity index (χ0v) is 16.4. The Morgan fingerprint density at radius 1 is 0.926 bits per heavy atom. The molecule has 1 saturated carbocycles. The maximum atomic E-state index is 13.7. The molecule has 0 aromatic heterocycles. The highest BCUT2D eigenvalue weighted by atomic mass is 32.2. The fourth-order valence-electron chi connectivity index (χ4n) is 4.57. The number of piperidine rings is 1. The number of carbonyl (C=O) groups is 1. The maximum Gasteiger partial charge on any atom is 0.243 e. The fourth-order valence-corrected chi connectivity index (χ4v) is 6.44. The number of aryl methyl sites for hydroxylation is 1. The number of sulfonamides is 1. The largest absolute Gasteiger partial charge is 0.299 e. The molecule has 0 N–H and O–H groups in total. The predicted octanol–water partition coefficient (Wildman–Crippen LogP) is 4.26. The van der Waals surface area contributed by atoms with Crippen LogP contribution in [0.15, 0.2) is 59.5 Å². The summed E-state index contributed by atoms with van der Waals surface area (Å²) in [7, 11) is -3.69. The van der Waals surface area contributed by atoms with Crippen LogP contribution in [-0.4, -0.2) is 24.5 Å². The fraction of sp³-hybridized carbons (Fsp3) is 0.409. The predicted molar refractivity (Wildman–Crippen MR) is 105 cm³/mol. The van der Waals surface area contributed by atoms with Gasteiger partial charge in [0.25, 0.3) is 0 Å². The van der Waals surface area contributed by atoms with Crippen molar-refractivity contribution in [2.45, 2.75) is 56.0 Å². The van der Waals surface area contributed by atoms with Gasteiger partial charge < -0.3 is 0 Å². The Kier molecular flexibility index (Phi) is 4.91. The molecule has 2 aromatic rings. The second-order valence-electron chi connectivity index (χ2n) is 7.70. The van der Waals surface area contributed by atoms with Gasteiger partial charge in [-0.25, -0.2) is 8.42 Å². The summed E-state index contributed by atoms with van der Waals surface area (Å²) in [4.78, 5) is 13.2. The van der Waals surface area contributed by atoms with Gasteiger partial charge in [-0.05, 0) is 37.5 Å². The van der Waals surface area contributed by atoms with Crippen molar-refractivity contribution >= 4 is 15.8 Å². The summed E-state index contributed by atoms with van der Waals surface area (Å²) >= 11 is 0. The average Bonchev–Trinajstić information content (AvgIpc) is 2.69. The lowest BCUT2D eigenvalue weighted by atomic mass is 9.76. The van der Waals surface area contributed by atoms with Crippen LogP contribution in [0, 0.1) is 12.8 Å². The molecule has 4 rings (SSSR count). The van der Waals surface area contributed by atoms with E-state index in [0.29, 0.717) is 4.90 Å². The van der Waals surface area contributed by atoms with Gasteiger partial charge in [0.15, 0.2) is 0 Å². The van der Waals surface area contributed by atoms with Crippen LogP contribution in [-0.2, 0) is 14.8 Å². The van der Waals surface area contributed by atoms with Crippen LogP contribution in [0.1, 0.15) is 49.3 Å². The van der Waals surface area contributed by atoms with Crippen molar-refractivity contribution in [1.82, 2.24) is 4.31 Å². The summed E-state index contributed by atoms with van der Waals surface area (Å²) in [5.41, 5.74) is 1.92. The van der Waals surface area contributed by atoms with Crippen LogP contribution in [0.3, 0.4) is 0 Å². The summed E-state index contributed by atoms with van der Waals surface area (Å²) < 4.78 is 29.0. The van der Waals surface area contributed by atoms with Crippen molar-refractivity contribution < 1.29 is 13.2 Å². The molecule has 142 valence electrons. The maximum absolute atomic E-state index is 13.7. The summed E-state index contributed by atoms with van der Waals surface area (Å²) in [6, 6.07) is 15.9. The first-order valence-electron chi connectivity index (χ1n) is 9.66. The molecule has 2 aromatic carbocycles. The first-order chi connectivity index (χ1) is 13.0. The minimum Gasteiger partial charge on any atom is -0.299 e. The Morgan fingerprint density at radius 2 is 1.59 bits per heavy atom. The highest BCUT2D eigenvalue weighted by Gasteiger charge is 2.49. The number of ketones is 1. The van der Waals surface area contributed by atoms with Gasteiger partial charge in [-0.2, -0.15) is 4.31 Å². The zero-order chi connectivity index (χ0) is 19.0. The molecule has 5 heteroatoms. The second-order valence-corrected chi connectivity index (χ2v) is 9.55. The highest BCUT2D eigenvalue weighted by molar-refractivity contribution is 7.89. The molecule has 1 aliphatic carbocycles. The van der Waals surface area contributed by atoms with Crippen molar-refractivity contribution in [3.05, 3.63) is 65.7 Å². The van der Waals surface area contributed by atoms with Crippen LogP contribution in [0.25, 0.3) is 0 Å². The summed E-state index contributed by atoms with van der Waals surface area (Å²) in [5, 5.41) is 0. The van der Waals surface area contributed by atoms with Crippen molar-refractivity contribution in [3.63, 3.8) is 0 Å². The van der Waals surface area contributed by atoms with Crippen molar-refractivity contribution in [1.29, 1.82) is 0 Å². The van der Waals surface area contributed by atoms with Crippen LogP contribution in [0.5, 0.6) is 0 Å². The Labute approximate surface area is 161 Å². The SMILES string of the molecule is Cc1ccc(S(=O)(=O)N2[C@H](c3ccccc3)CC(=O)[C@@H]3CCCC[C@@H]32)cc1. The molecule has 0 unspecified atom stereocenters. The van der Waals surface area contributed by atoms with Gasteiger partial charge in [0, 0.05) is 18.4 Å². The first kappa shape index (κ1) is 18.4. The van der Waals surface area contributed by atoms with E-state index < -0.39 is 16.1 Å². The number of hydrogen-bond acceptors (Lipinski definition) is 3. The summed E-state index contributed by atoms with van der Waals surface area (Å²) in [6.45, 7) is 1.94.